The van der Waals surface area contributed by atoms with E-state index in [1.807, 2.05) is 18.2 Å². The van der Waals surface area contributed by atoms with Gasteiger partial charge in [0.2, 0.25) is 11.1 Å². The van der Waals surface area contributed by atoms with Gasteiger partial charge < -0.3 is 4.42 Å². The molecule has 0 aliphatic rings. The van der Waals surface area contributed by atoms with Crippen LogP contribution in [0.2, 0.25) is 5.02 Å². The second-order valence-corrected chi connectivity index (χ2v) is 5.04. The van der Waals surface area contributed by atoms with E-state index in [1.54, 1.807) is 30.3 Å². The number of halogens is 1. The molecule has 20 heavy (non-hydrogen) atoms. The first-order chi connectivity index (χ1) is 9.72. The molecule has 0 saturated heterocycles. The molecular weight excluding hydrogens is 274 g/mol. The standard InChI is InChI=1S/C16H8ClNO2/c17-10-5-6-13-9(7-10)8-12-15(19)11-3-1-2-4-14(11)20-16(12)18-13/h1-8H. The predicted octanol–water partition coefficient (Wildman–Crippen LogP) is 4.15. The highest BCUT2D eigenvalue weighted by molar-refractivity contribution is 6.31. The molecule has 4 aromatic rings. The van der Waals surface area contributed by atoms with E-state index in [-0.39, 0.29) is 5.43 Å². The summed E-state index contributed by atoms with van der Waals surface area (Å²) < 4.78 is 5.72. The van der Waals surface area contributed by atoms with Crippen molar-refractivity contribution in [1.29, 1.82) is 0 Å². The van der Waals surface area contributed by atoms with Crippen molar-refractivity contribution in [3.8, 4) is 0 Å². The molecule has 0 unspecified atom stereocenters. The van der Waals surface area contributed by atoms with Crippen molar-refractivity contribution in [1.82, 2.24) is 4.98 Å². The molecule has 0 N–H and O–H groups in total. The van der Waals surface area contributed by atoms with Crippen molar-refractivity contribution in [3.63, 3.8) is 0 Å². The highest BCUT2D eigenvalue weighted by Gasteiger charge is 2.09. The predicted molar refractivity (Wildman–Crippen MR) is 80.3 cm³/mol. The van der Waals surface area contributed by atoms with Crippen molar-refractivity contribution in [3.05, 3.63) is 63.8 Å². The number of nitrogens with zero attached hydrogens (tertiary/aromatic N) is 1. The third kappa shape index (κ3) is 1.60. The molecule has 0 atom stereocenters. The lowest BCUT2D eigenvalue weighted by Gasteiger charge is -2.03. The largest absolute Gasteiger partial charge is 0.437 e. The molecular formula is C16H8ClNO2. The van der Waals surface area contributed by atoms with Gasteiger partial charge in [-0.2, -0.15) is 0 Å². The van der Waals surface area contributed by atoms with Gasteiger partial charge in [-0.1, -0.05) is 23.7 Å². The lowest BCUT2D eigenvalue weighted by Crippen LogP contribution is -2.02. The smallest absolute Gasteiger partial charge is 0.231 e. The van der Waals surface area contributed by atoms with E-state index in [1.165, 1.54) is 0 Å². The Kier molecular flexibility index (Phi) is 2.32. The third-order valence-corrected chi connectivity index (χ3v) is 3.56. The van der Waals surface area contributed by atoms with Crippen LogP contribution >= 0.6 is 11.6 Å². The second-order valence-electron chi connectivity index (χ2n) is 4.61. The van der Waals surface area contributed by atoms with Gasteiger partial charge in [-0.15, -0.1) is 0 Å². The minimum atomic E-state index is -0.0729. The summed E-state index contributed by atoms with van der Waals surface area (Å²) in [5.74, 6) is 0. The Morgan fingerprint density at radius 1 is 1.00 bits per heavy atom. The summed E-state index contributed by atoms with van der Waals surface area (Å²) >= 11 is 5.98. The molecule has 2 aromatic carbocycles. The van der Waals surface area contributed by atoms with Crippen LogP contribution in [0.25, 0.3) is 33.0 Å². The van der Waals surface area contributed by atoms with Crippen molar-refractivity contribution < 1.29 is 4.42 Å². The van der Waals surface area contributed by atoms with Gasteiger partial charge in [0.15, 0.2) is 0 Å². The van der Waals surface area contributed by atoms with Crippen molar-refractivity contribution in [2.24, 2.45) is 0 Å². The molecule has 0 saturated carbocycles. The summed E-state index contributed by atoms with van der Waals surface area (Å²) in [6.45, 7) is 0. The molecule has 4 heteroatoms. The Hall–Kier alpha value is -2.39. The minimum Gasteiger partial charge on any atom is -0.437 e. The van der Waals surface area contributed by atoms with Crippen LogP contribution < -0.4 is 5.43 Å². The third-order valence-electron chi connectivity index (χ3n) is 3.32. The Morgan fingerprint density at radius 3 is 2.75 bits per heavy atom. The number of aromatic nitrogens is 1. The van der Waals surface area contributed by atoms with E-state index >= 15 is 0 Å². The molecule has 0 fully saturated rings. The summed E-state index contributed by atoms with van der Waals surface area (Å²) in [5, 5.41) is 2.47. The number of hydrogen-bond acceptors (Lipinski definition) is 3. The van der Waals surface area contributed by atoms with Gasteiger partial charge in [0.25, 0.3) is 0 Å². The Bertz CT molecular complexity index is 1040. The fraction of sp³-hybridized carbons (Fsp3) is 0. The molecule has 0 aliphatic carbocycles. The van der Waals surface area contributed by atoms with Crippen LogP contribution in [0.4, 0.5) is 0 Å². The number of rotatable bonds is 0. The first kappa shape index (κ1) is 11.4. The first-order valence-corrected chi connectivity index (χ1v) is 6.52. The molecule has 0 radical (unpaired) electrons. The molecule has 96 valence electrons. The zero-order chi connectivity index (χ0) is 13.7. The van der Waals surface area contributed by atoms with Gasteiger partial charge in [-0.3, -0.25) is 4.79 Å². The second kappa shape index (κ2) is 4.05. The van der Waals surface area contributed by atoms with Gasteiger partial charge in [-0.25, -0.2) is 4.98 Å². The van der Waals surface area contributed by atoms with Crippen molar-refractivity contribution in [2.45, 2.75) is 0 Å². The zero-order valence-electron chi connectivity index (χ0n) is 10.3. The quantitative estimate of drug-likeness (QED) is 0.455. The number of para-hydroxylation sites is 1. The Balaban J connectivity index is 2.25. The van der Waals surface area contributed by atoms with Gasteiger partial charge in [0.05, 0.1) is 16.3 Å². The first-order valence-electron chi connectivity index (χ1n) is 6.14. The number of benzene rings is 2. The molecule has 4 rings (SSSR count). The number of hydrogen-bond donors (Lipinski definition) is 0. The summed E-state index contributed by atoms with van der Waals surface area (Å²) in [6, 6.07) is 14.3. The van der Waals surface area contributed by atoms with Crippen LogP contribution in [0.5, 0.6) is 0 Å². The van der Waals surface area contributed by atoms with Crippen molar-refractivity contribution >= 4 is 44.6 Å². The van der Waals surface area contributed by atoms with Crippen LogP contribution in [0.15, 0.2) is 57.7 Å². The zero-order valence-corrected chi connectivity index (χ0v) is 11.0. The van der Waals surface area contributed by atoms with E-state index in [4.69, 9.17) is 16.0 Å². The highest BCUT2D eigenvalue weighted by atomic mass is 35.5. The Morgan fingerprint density at radius 2 is 1.85 bits per heavy atom. The molecule has 2 heterocycles. The van der Waals surface area contributed by atoms with Crippen LogP contribution in [0.1, 0.15) is 0 Å². The fourth-order valence-corrected chi connectivity index (χ4v) is 2.54. The monoisotopic (exact) mass is 281 g/mol. The molecule has 0 spiro atoms. The van der Waals surface area contributed by atoms with Gasteiger partial charge in [0, 0.05) is 10.4 Å². The molecule has 0 bridgehead atoms. The summed E-state index contributed by atoms with van der Waals surface area (Å²) in [7, 11) is 0. The van der Waals surface area contributed by atoms with Crippen LogP contribution in [0, 0.1) is 0 Å². The average molecular weight is 282 g/mol. The topological polar surface area (TPSA) is 43.1 Å². The van der Waals surface area contributed by atoms with Crippen LogP contribution in [-0.4, -0.2) is 4.98 Å². The summed E-state index contributed by atoms with van der Waals surface area (Å²) in [4.78, 5) is 16.9. The normalized spacial score (nSPS) is 11.4. The minimum absolute atomic E-state index is 0.0729. The van der Waals surface area contributed by atoms with Gasteiger partial charge in [0.1, 0.15) is 5.58 Å². The highest BCUT2D eigenvalue weighted by Crippen LogP contribution is 2.23. The molecule has 0 amide bonds. The maximum atomic E-state index is 12.5. The lowest BCUT2D eigenvalue weighted by atomic mass is 10.1. The molecule has 2 aromatic heterocycles. The van der Waals surface area contributed by atoms with Crippen molar-refractivity contribution in [2.75, 3.05) is 0 Å². The van der Waals surface area contributed by atoms with E-state index < -0.39 is 0 Å². The van der Waals surface area contributed by atoms with E-state index in [0.717, 1.165) is 10.9 Å². The maximum Gasteiger partial charge on any atom is 0.231 e. The Labute approximate surface area is 118 Å². The van der Waals surface area contributed by atoms with E-state index in [0.29, 0.717) is 27.1 Å². The fourth-order valence-electron chi connectivity index (χ4n) is 2.36. The lowest BCUT2D eigenvalue weighted by molar-refractivity contribution is 0.647. The van der Waals surface area contributed by atoms with Crippen LogP contribution in [-0.2, 0) is 0 Å². The van der Waals surface area contributed by atoms with Crippen LogP contribution in [0.3, 0.4) is 0 Å². The molecule has 0 aliphatic heterocycles. The molecule has 3 nitrogen and oxygen atoms in total. The average Bonchev–Trinajstić information content (AvgIpc) is 2.46. The van der Waals surface area contributed by atoms with Gasteiger partial charge >= 0.3 is 0 Å². The summed E-state index contributed by atoms with van der Waals surface area (Å²) in [6.07, 6.45) is 0. The number of fused-ring (bicyclic) bond motifs is 3. The number of pyridine rings is 1. The van der Waals surface area contributed by atoms with E-state index in [9.17, 15) is 4.79 Å². The van der Waals surface area contributed by atoms with Gasteiger partial charge in [-0.05, 0) is 36.4 Å². The summed E-state index contributed by atoms with van der Waals surface area (Å²) in [5.41, 5.74) is 1.57. The maximum absolute atomic E-state index is 12.5. The SMILES string of the molecule is O=c1c2ccccc2oc2nc3ccc(Cl)cc3cc12. The van der Waals surface area contributed by atoms with E-state index in [2.05, 4.69) is 4.98 Å².